The highest BCUT2D eigenvalue weighted by molar-refractivity contribution is 6.61. The summed E-state index contributed by atoms with van der Waals surface area (Å²) in [4.78, 5) is 0. The van der Waals surface area contributed by atoms with Crippen molar-refractivity contribution in [2.45, 2.75) is 84.0 Å². The maximum Gasteiger partial charge on any atom is 0.493 e. The minimum absolute atomic E-state index is 0.160. The first-order valence-corrected chi connectivity index (χ1v) is 11.1. The van der Waals surface area contributed by atoms with Crippen molar-refractivity contribution >= 4 is 12.6 Å². The zero-order valence-electron chi connectivity index (χ0n) is 16.9. The summed E-state index contributed by atoms with van der Waals surface area (Å²) in [7, 11) is -0.160. The third kappa shape index (κ3) is 5.86. The predicted octanol–water partition coefficient (Wildman–Crippen LogP) is 5.70. The molecule has 0 bridgehead atoms. The summed E-state index contributed by atoms with van der Waals surface area (Å²) in [6.45, 7) is 6.35. The maximum absolute atomic E-state index is 6.03. The van der Waals surface area contributed by atoms with Crippen LogP contribution in [-0.2, 0) is 9.31 Å². The van der Waals surface area contributed by atoms with Crippen molar-refractivity contribution in [1.82, 2.24) is 0 Å². The van der Waals surface area contributed by atoms with Crippen LogP contribution in [0.15, 0.2) is 24.3 Å². The van der Waals surface area contributed by atoms with Crippen LogP contribution in [0.4, 0.5) is 0 Å². The fourth-order valence-electron chi connectivity index (χ4n) is 4.46. The van der Waals surface area contributed by atoms with E-state index in [0.29, 0.717) is 5.92 Å². The van der Waals surface area contributed by atoms with Crippen LogP contribution in [-0.4, -0.2) is 20.3 Å². The highest BCUT2D eigenvalue weighted by atomic mass is 16.6. The van der Waals surface area contributed by atoms with E-state index in [1.54, 1.807) is 0 Å². The second-order valence-electron chi connectivity index (χ2n) is 8.69. The Morgan fingerprint density at radius 2 is 1.54 bits per heavy atom. The van der Waals surface area contributed by atoms with Gasteiger partial charge in [-0.05, 0) is 42.1 Å². The summed E-state index contributed by atoms with van der Waals surface area (Å²) in [5.41, 5.74) is 2.68. The second-order valence-corrected chi connectivity index (χ2v) is 8.69. The Morgan fingerprint density at radius 1 is 0.885 bits per heavy atom. The predicted molar refractivity (Wildman–Crippen MR) is 111 cm³/mol. The van der Waals surface area contributed by atoms with Gasteiger partial charge in [0.1, 0.15) is 0 Å². The fourth-order valence-corrected chi connectivity index (χ4v) is 4.46. The standard InChI is InChI=1S/C23H37BO2/c1-3-4-5-6-7-8-20-17-25-24(26-18-20)23-15-13-22(14-16-23)21-11-9-19(2)10-12-21/h13-16,19-21H,3-12,17-18H2,1-2H3. The van der Waals surface area contributed by atoms with E-state index in [9.17, 15) is 0 Å². The molecule has 1 saturated heterocycles. The van der Waals surface area contributed by atoms with E-state index in [0.717, 1.165) is 25.0 Å². The minimum Gasteiger partial charge on any atom is -0.407 e. The normalized spacial score (nSPS) is 24.8. The lowest BCUT2D eigenvalue weighted by Crippen LogP contribution is -2.44. The van der Waals surface area contributed by atoms with Crippen LogP contribution in [0.3, 0.4) is 0 Å². The monoisotopic (exact) mass is 356 g/mol. The molecule has 1 aliphatic carbocycles. The van der Waals surface area contributed by atoms with Gasteiger partial charge in [-0.2, -0.15) is 0 Å². The third-order valence-electron chi connectivity index (χ3n) is 6.38. The molecule has 1 heterocycles. The molecule has 1 saturated carbocycles. The summed E-state index contributed by atoms with van der Waals surface area (Å²) in [6, 6.07) is 9.07. The number of rotatable bonds is 8. The zero-order valence-corrected chi connectivity index (χ0v) is 16.9. The zero-order chi connectivity index (χ0) is 18.2. The molecule has 1 aromatic rings. The molecule has 0 unspecified atom stereocenters. The van der Waals surface area contributed by atoms with E-state index in [1.165, 1.54) is 75.2 Å². The molecule has 0 spiro atoms. The molecule has 3 rings (SSSR count). The summed E-state index contributed by atoms with van der Waals surface area (Å²) >= 11 is 0. The van der Waals surface area contributed by atoms with Gasteiger partial charge in [-0.1, -0.05) is 83.1 Å². The minimum atomic E-state index is -0.160. The van der Waals surface area contributed by atoms with Gasteiger partial charge in [0.15, 0.2) is 0 Å². The number of hydrogen-bond donors (Lipinski definition) is 0. The van der Waals surface area contributed by atoms with Crippen LogP contribution in [0.2, 0.25) is 0 Å². The lowest BCUT2D eigenvalue weighted by molar-refractivity contribution is 0.0810. The Labute approximate surface area is 161 Å². The van der Waals surface area contributed by atoms with Gasteiger partial charge < -0.3 is 9.31 Å². The Hall–Kier alpha value is -0.795. The molecule has 0 radical (unpaired) electrons. The van der Waals surface area contributed by atoms with Gasteiger partial charge in [0.25, 0.3) is 0 Å². The van der Waals surface area contributed by atoms with Crippen molar-refractivity contribution in [3.05, 3.63) is 29.8 Å². The van der Waals surface area contributed by atoms with E-state index in [4.69, 9.17) is 9.31 Å². The first kappa shape index (κ1) is 20.0. The summed E-state index contributed by atoms with van der Waals surface area (Å²) in [6.07, 6.45) is 13.4. The largest absolute Gasteiger partial charge is 0.493 e. The second kappa shape index (κ2) is 10.5. The van der Waals surface area contributed by atoms with Crippen LogP contribution >= 0.6 is 0 Å². The molecule has 3 heteroatoms. The van der Waals surface area contributed by atoms with Gasteiger partial charge in [0.2, 0.25) is 0 Å². The molecular weight excluding hydrogens is 319 g/mol. The number of hydrogen-bond acceptors (Lipinski definition) is 2. The van der Waals surface area contributed by atoms with Crippen LogP contribution in [0, 0.1) is 11.8 Å². The lowest BCUT2D eigenvalue weighted by atomic mass is 9.75. The summed E-state index contributed by atoms with van der Waals surface area (Å²) in [5.74, 6) is 2.25. The molecule has 2 nitrogen and oxygen atoms in total. The number of benzene rings is 1. The van der Waals surface area contributed by atoms with Crippen LogP contribution in [0.5, 0.6) is 0 Å². The van der Waals surface area contributed by atoms with Crippen molar-refractivity contribution in [2.24, 2.45) is 11.8 Å². The molecule has 2 aliphatic rings. The number of unbranched alkanes of at least 4 members (excludes halogenated alkanes) is 4. The molecule has 2 fully saturated rings. The maximum atomic E-state index is 6.03. The SMILES string of the molecule is CCCCCCCC1COB(c2ccc(C3CCC(C)CC3)cc2)OC1. The molecule has 144 valence electrons. The van der Waals surface area contributed by atoms with Crippen molar-refractivity contribution in [2.75, 3.05) is 13.2 Å². The topological polar surface area (TPSA) is 18.5 Å². The smallest absolute Gasteiger partial charge is 0.407 e. The van der Waals surface area contributed by atoms with E-state index in [1.807, 2.05) is 0 Å². The Kier molecular flexibility index (Phi) is 8.07. The fraction of sp³-hybridized carbons (Fsp3) is 0.739. The molecule has 0 amide bonds. The Balaban J connectivity index is 1.40. The lowest BCUT2D eigenvalue weighted by Gasteiger charge is -2.28. The molecule has 1 aromatic carbocycles. The summed E-state index contributed by atoms with van der Waals surface area (Å²) < 4.78 is 12.1. The molecule has 0 N–H and O–H groups in total. The van der Waals surface area contributed by atoms with Crippen LogP contribution in [0.1, 0.15) is 89.5 Å². The first-order valence-electron chi connectivity index (χ1n) is 11.1. The highest BCUT2D eigenvalue weighted by Gasteiger charge is 2.29. The van der Waals surface area contributed by atoms with Crippen molar-refractivity contribution in [1.29, 1.82) is 0 Å². The molecule has 26 heavy (non-hydrogen) atoms. The quantitative estimate of drug-likeness (QED) is 0.439. The van der Waals surface area contributed by atoms with Gasteiger partial charge in [0, 0.05) is 19.1 Å². The van der Waals surface area contributed by atoms with E-state index in [-0.39, 0.29) is 7.12 Å². The third-order valence-corrected chi connectivity index (χ3v) is 6.38. The Bertz CT molecular complexity index is 499. The van der Waals surface area contributed by atoms with Crippen molar-refractivity contribution in [3.8, 4) is 0 Å². The van der Waals surface area contributed by atoms with E-state index in [2.05, 4.69) is 38.1 Å². The van der Waals surface area contributed by atoms with Gasteiger partial charge in [-0.3, -0.25) is 0 Å². The molecule has 0 atom stereocenters. The van der Waals surface area contributed by atoms with Gasteiger partial charge in [-0.25, -0.2) is 0 Å². The summed E-state index contributed by atoms with van der Waals surface area (Å²) in [5, 5.41) is 0. The van der Waals surface area contributed by atoms with Gasteiger partial charge in [0.05, 0.1) is 0 Å². The van der Waals surface area contributed by atoms with Crippen molar-refractivity contribution in [3.63, 3.8) is 0 Å². The van der Waals surface area contributed by atoms with Gasteiger partial charge in [-0.15, -0.1) is 0 Å². The average Bonchev–Trinajstić information content (AvgIpc) is 2.69. The molecule has 1 aliphatic heterocycles. The highest BCUT2D eigenvalue weighted by Crippen LogP contribution is 2.35. The van der Waals surface area contributed by atoms with E-state index < -0.39 is 0 Å². The van der Waals surface area contributed by atoms with Gasteiger partial charge >= 0.3 is 7.12 Å². The Morgan fingerprint density at radius 3 is 2.19 bits per heavy atom. The van der Waals surface area contributed by atoms with Crippen molar-refractivity contribution < 1.29 is 9.31 Å². The van der Waals surface area contributed by atoms with Crippen LogP contribution < -0.4 is 5.46 Å². The van der Waals surface area contributed by atoms with Crippen LogP contribution in [0.25, 0.3) is 0 Å². The van der Waals surface area contributed by atoms with E-state index >= 15 is 0 Å². The first-order chi connectivity index (χ1) is 12.8. The molecule has 0 aromatic heterocycles. The average molecular weight is 356 g/mol. The molecular formula is C23H37BO2.